The first-order valence-corrected chi connectivity index (χ1v) is 11.2. The standard InChI is InChI=1S/C20H22N6O2S/c21-18-7-6-17-19(24-18)22-13-23-20(17)25-8-10-26(11-9-25)29(27,28)16-5-4-14-2-1-3-15(14)12-16/h4-7,12-13H,1-3,8-11H2,(H2,21,22,23,24). The molecular formula is C20H22N6O2S. The molecule has 0 unspecified atom stereocenters. The van der Waals surface area contributed by atoms with Crippen LogP contribution in [0.5, 0.6) is 0 Å². The number of nitrogen functional groups attached to an aromatic ring is 1. The molecule has 0 amide bonds. The molecule has 29 heavy (non-hydrogen) atoms. The molecule has 1 fully saturated rings. The molecule has 2 aliphatic rings. The molecule has 0 bridgehead atoms. The highest BCUT2D eigenvalue weighted by Gasteiger charge is 2.30. The molecule has 1 aliphatic carbocycles. The minimum Gasteiger partial charge on any atom is -0.384 e. The SMILES string of the molecule is Nc1ccc2c(N3CCN(S(=O)(=O)c4ccc5c(c4)CCC5)CC3)ncnc2n1. The van der Waals surface area contributed by atoms with Gasteiger partial charge in [0.15, 0.2) is 5.65 Å². The minimum absolute atomic E-state index is 0.402. The summed E-state index contributed by atoms with van der Waals surface area (Å²) in [5.74, 6) is 1.17. The minimum atomic E-state index is -3.49. The average molecular weight is 411 g/mol. The second-order valence-electron chi connectivity index (χ2n) is 7.48. The van der Waals surface area contributed by atoms with Gasteiger partial charge < -0.3 is 10.6 Å². The number of hydrogen-bond donors (Lipinski definition) is 1. The number of piperazine rings is 1. The largest absolute Gasteiger partial charge is 0.384 e. The van der Waals surface area contributed by atoms with Crippen LogP contribution in [0.1, 0.15) is 17.5 Å². The number of pyridine rings is 1. The summed E-state index contributed by atoms with van der Waals surface area (Å²) in [6.07, 6.45) is 4.58. The van der Waals surface area contributed by atoms with Crippen LogP contribution in [-0.4, -0.2) is 53.9 Å². The van der Waals surface area contributed by atoms with Gasteiger partial charge in [-0.1, -0.05) is 6.07 Å². The number of fused-ring (bicyclic) bond motifs is 2. The third-order valence-corrected chi connectivity index (χ3v) is 7.64. The smallest absolute Gasteiger partial charge is 0.243 e. The lowest BCUT2D eigenvalue weighted by molar-refractivity contribution is 0.384. The molecular weight excluding hydrogens is 388 g/mol. The molecule has 5 rings (SSSR count). The number of sulfonamides is 1. The fourth-order valence-corrected chi connectivity index (χ4v) is 5.67. The summed E-state index contributed by atoms with van der Waals surface area (Å²) in [5, 5.41) is 0.816. The lowest BCUT2D eigenvalue weighted by atomic mass is 10.1. The van der Waals surface area contributed by atoms with Gasteiger partial charge in [0, 0.05) is 26.2 Å². The van der Waals surface area contributed by atoms with Crippen molar-refractivity contribution in [3.05, 3.63) is 47.8 Å². The first-order chi connectivity index (χ1) is 14.0. The summed E-state index contributed by atoms with van der Waals surface area (Å²) in [5.41, 5.74) is 8.74. The van der Waals surface area contributed by atoms with Crippen LogP contribution in [0.4, 0.5) is 11.6 Å². The molecule has 3 aromatic rings. The predicted molar refractivity (Wildman–Crippen MR) is 111 cm³/mol. The van der Waals surface area contributed by atoms with Crippen molar-refractivity contribution >= 4 is 32.7 Å². The third kappa shape index (κ3) is 3.20. The van der Waals surface area contributed by atoms with E-state index in [1.807, 2.05) is 18.2 Å². The van der Waals surface area contributed by atoms with Gasteiger partial charge in [0.2, 0.25) is 10.0 Å². The summed E-state index contributed by atoms with van der Waals surface area (Å²) in [4.78, 5) is 15.3. The second-order valence-corrected chi connectivity index (χ2v) is 9.42. The maximum atomic E-state index is 13.1. The van der Waals surface area contributed by atoms with Crippen molar-refractivity contribution in [1.82, 2.24) is 19.3 Å². The molecule has 0 atom stereocenters. The quantitative estimate of drug-likeness (QED) is 0.699. The zero-order valence-electron chi connectivity index (χ0n) is 16.0. The van der Waals surface area contributed by atoms with Crippen LogP contribution >= 0.6 is 0 Å². The van der Waals surface area contributed by atoms with E-state index in [4.69, 9.17) is 5.73 Å². The summed E-state index contributed by atoms with van der Waals surface area (Å²) < 4.78 is 27.8. The Labute approximate surface area is 169 Å². The van der Waals surface area contributed by atoms with Gasteiger partial charge in [-0.3, -0.25) is 0 Å². The van der Waals surface area contributed by atoms with Gasteiger partial charge in [-0.05, 0) is 54.7 Å². The highest BCUT2D eigenvalue weighted by molar-refractivity contribution is 7.89. The van der Waals surface area contributed by atoms with E-state index in [0.717, 1.165) is 30.5 Å². The summed E-state index contributed by atoms with van der Waals surface area (Å²) in [6, 6.07) is 9.17. The van der Waals surface area contributed by atoms with Gasteiger partial charge in [0.1, 0.15) is 18.0 Å². The summed E-state index contributed by atoms with van der Waals surface area (Å²) in [6.45, 7) is 1.93. The van der Waals surface area contributed by atoms with E-state index in [1.54, 1.807) is 16.4 Å². The normalized spacial score (nSPS) is 17.6. The van der Waals surface area contributed by atoms with Gasteiger partial charge in [0.25, 0.3) is 0 Å². The number of hydrogen-bond acceptors (Lipinski definition) is 7. The van der Waals surface area contributed by atoms with E-state index in [2.05, 4.69) is 19.9 Å². The third-order valence-electron chi connectivity index (χ3n) is 5.74. The van der Waals surface area contributed by atoms with Crippen LogP contribution < -0.4 is 10.6 Å². The monoisotopic (exact) mass is 410 g/mol. The van der Waals surface area contributed by atoms with Gasteiger partial charge >= 0.3 is 0 Å². The number of rotatable bonds is 3. The Morgan fingerprint density at radius 2 is 1.72 bits per heavy atom. The first-order valence-electron chi connectivity index (χ1n) is 9.76. The van der Waals surface area contributed by atoms with E-state index in [9.17, 15) is 8.42 Å². The number of nitrogens with zero attached hydrogens (tertiary/aromatic N) is 5. The maximum Gasteiger partial charge on any atom is 0.243 e. The fourth-order valence-electron chi connectivity index (χ4n) is 4.19. The van der Waals surface area contributed by atoms with Crippen LogP contribution in [-0.2, 0) is 22.9 Å². The van der Waals surface area contributed by atoms with Gasteiger partial charge in [-0.15, -0.1) is 0 Å². The van der Waals surface area contributed by atoms with Crippen molar-refractivity contribution in [3.8, 4) is 0 Å². The Balaban J connectivity index is 1.37. The van der Waals surface area contributed by atoms with Gasteiger partial charge in [0.05, 0.1) is 10.3 Å². The number of anilines is 2. The van der Waals surface area contributed by atoms with Crippen molar-refractivity contribution in [2.24, 2.45) is 0 Å². The molecule has 0 radical (unpaired) electrons. The summed E-state index contributed by atoms with van der Waals surface area (Å²) in [7, 11) is -3.49. The van der Waals surface area contributed by atoms with E-state index in [1.165, 1.54) is 17.5 Å². The number of aryl methyl sites for hydroxylation is 2. The van der Waals surface area contributed by atoms with E-state index in [0.29, 0.717) is 42.5 Å². The Morgan fingerprint density at radius 1 is 0.931 bits per heavy atom. The predicted octanol–water partition coefficient (Wildman–Crippen LogP) is 1.61. The topological polar surface area (TPSA) is 105 Å². The highest BCUT2D eigenvalue weighted by Crippen LogP contribution is 2.28. The van der Waals surface area contributed by atoms with Crippen molar-refractivity contribution < 1.29 is 8.42 Å². The van der Waals surface area contributed by atoms with E-state index >= 15 is 0 Å². The molecule has 0 saturated carbocycles. The number of aromatic nitrogens is 3. The molecule has 2 N–H and O–H groups in total. The van der Waals surface area contributed by atoms with E-state index in [-0.39, 0.29) is 0 Å². The first kappa shape index (κ1) is 18.3. The Kier molecular flexibility index (Phi) is 4.36. The molecule has 1 aromatic carbocycles. The average Bonchev–Trinajstić information content (AvgIpc) is 3.21. The molecule has 150 valence electrons. The van der Waals surface area contributed by atoms with Crippen molar-refractivity contribution in [3.63, 3.8) is 0 Å². The van der Waals surface area contributed by atoms with Crippen molar-refractivity contribution in [2.45, 2.75) is 24.2 Å². The molecule has 1 saturated heterocycles. The van der Waals surface area contributed by atoms with Crippen LogP contribution in [0, 0.1) is 0 Å². The van der Waals surface area contributed by atoms with Crippen LogP contribution in [0.3, 0.4) is 0 Å². The van der Waals surface area contributed by atoms with Crippen LogP contribution in [0.25, 0.3) is 11.0 Å². The zero-order valence-corrected chi connectivity index (χ0v) is 16.8. The van der Waals surface area contributed by atoms with Crippen molar-refractivity contribution in [1.29, 1.82) is 0 Å². The van der Waals surface area contributed by atoms with Crippen LogP contribution in [0.15, 0.2) is 41.6 Å². The van der Waals surface area contributed by atoms with Gasteiger partial charge in [-0.2, -0.15) is 4.31 Å². The molecule has 0 spiro atoms. The van der Waals surface area contributed by atoms with Crippen molar-refractivity contribution in [2.75, 3.05) is 36.8 Å². The highest BCUT2D eigenvalue weighted by atomic mass is 32.2. The van der Waals surface area contributed by atoms with E-state index < -0.39 is 10.0 Å². The Hall–Kier alpha value is -2.78. The second kappa shape index (κ2) is 6.93. The zero-order chi connectivity index (χ0) is 20.0. The molecule has 1 aliphatic heterocycles. The Bertz CT molecular complexity index is 1190. The molecule has 2 aromatic heterocycles. The number of benzene rings is 1. The molecule has 8 nitrogen and oxygen atoms in total. The van der Waals surface area contributed by atoms with Crippen LogP contribution in [0.2, 0.25) is 0 Å². The fraction of sp³-hybridized carbons (Fsp3) is 0.350. The Morgan fingerprint density at radius 3 is 2.55 bits per heavy atom. The van der Waals surface area contributed by atoms with Gasteiger partial charge in [-0.25, -0.2) is 23.4 Å². The lowest BCUT2D eigenvalue weighted by Gasteiger charge is -2.35. The molecule has 9 heteroatoms. The maximum absolute atomic E-state index is 13.1. The molecule has 3 heterocycles. The summed E-state index contributed by atoms with van der Waals surface area (Å²) >= 11 is 0. The lowest BCUT2D eigenvalue weighted by Crippen LogP contribution is -2.49. The number of nitrogens with two attached hydrogens (primary N) is 1.